The van der Waals surface area contributed by atoms with Gasteiger partial charge in [-0.15, -0.1) is 0 Å². The average molecular weight is 421 g/mol. The zero-order valence-electron chi connectivity index (χ0n) is 14.2. The second-order valence-corrected chi connectivity index (χ2v) is 6.61. The molecule has 0 spiro atoms. The number of hydrogen-bond acceptors (Lipinski definition) is 3. The minimum absolute atomic E-state index is 0.471. The number of nitriles is 1. The molecule has 0 N–H and O–H groups in total. The van der Waals surface area contributed by atoms with Crippen molar-refractivity contribution in [1.82, 2.24) is 0 Å². The molecule has 0 aliphatic rings. The largest absolute Gasteiger partial charge is 0.490 e. The van der Waals surface area contributed by atoms with Gasteiger partial charge in [-0.1, -0.05) is 46.6 Å². The molecule has 0 fully saturated rings. The summed E-state index contributed by atoms with van der Waals surface area (Å²) in [6.07, 6.45) is 2.67. The summed E-state index contributed by atoms with van der Waals surface area (Å²) in [6.45, 7) is 5.01. The van der Waals surface area contributed by atoms with Crippen molar-refractivity contribution in [1.29, 1.82) is 5.26 Å². The zero-order chi connectivity index (χ0) is 18.2. The molecule has 3 nitrogen and oxygen atoms in total. The van der Waals surface area contributed by atoms with Gasteiger partial charge in [0.2, 0.25) is 0 Å². The Bertz CT molecular complexity index is 795. The minimum atomic E-state index is 0.471. The van der Waals surface area contributed by atoms with Crippen molar-refractivity contribution < 1.29 is 9.47 Å². The van der Waals surface area contributed by atoms with E-state index in [0.29, 0.717) is 35.3 Å². The monoisotopic (exact) mass is 419 g/mol. The first-order valence-corrected chi connectivity index (χ1v) is 9.23. The van der Waals surface area contributed by atoms with E-state index >= 15 is 0 Å². The van der Waals surface area contributed by atoms with Crippen LogP contribution in [0.2, 0.25) is 5.02 Å². The molecule has 0 aliphatic heterocycles. The van der Waals surface area contributed by atoms with E-state index in [2.05, 4.69) is 22.0 Å². The molecule has 0 aliphatic carbocycles. The summed E-state index contributed by atoms with van der Waals surface area (Å²) in [5.41, 5.74) is 2.18. The molecule has 2 aromatic rings. The third-order valence-corrected chi connectivity index (χ3v) is 4.18. The van der Waals surface area contributed by atoms with E-state index in [1.807, 2.05) is 44.2 Å². The Balaban J connectivity index is 2.43. The number of ether oxygens (including phenoxy) is 2. The van der Waals surface area contributed by atoms with Crippen LogP contribution in [0.15, 0.2) is 40.9 Å². The van der Waals surface area contributed by atoms with Crippen molar-refractivity contribution in [3.63, 3.8) is 0 Å². The van der Waals surface area contributed by atoms with Gasteiger partial charge in [0.1, 0.15) is 0 Å². The SMILES string of the molecule is CCCOc1c(Cl)cc(/C=C(\C#N)c2ccc(Br)cc2)cc1OCC. The molecule has 130 valence electrons. The number of rotatable bonds is 7. The first-order chi connectivity index (χ1) is 12.1. The Kier molecular flexibility index (Phi) is 7.36. The topological polar surface area (TPSA) is 42.2 Å². The Labute approximate surface area is 162 Å². The number of halogens is 2. The molecule has 2 aromatic carbocycles. The Hall–Kier alpha value is -1.96. The van der Waals surface area contributed by atoms with Crippen molar-refractivity contribution in [3.8, 4) is 17.6 Å². The molecule has 0 unspecified atom stereocenters. The first-order valence-electron chi connectivity index (χ1n) is 8.05. The summed E-state index contributed by atoms with van der Waals surface area (Å²) < 4.78 is 12.3. The predicted molar refractivity (Wildman–Crippen MR) is 106 cm³/mol. The lowest BCUT2D eigenvalue weighted by molar-refractivity contribution is 0.277. The fourth-order valence-corrected chi connectivity index (χ4v) is 2.79. The quantitative estimate of drug-likeness (QED) is 0.387. The molecule has 0 heterocycles. The number of benzene rings is 2. The highest BCUT2D eigenvalue weighted by atomic mass is 79.9. The molecular weight excluding hydrogens is 402 g/mol. The smallest absolute Gasteiger partial charge is 0.179 e. The van der Waals surface area contributed by atoms with Crippen LogP contribution in [0.4, 0.5) is 0 Å². The predicted octanol–water partition coefficient (Wildman–Crippen LogP) is 6.35. The maximum absolute atomic E-state index is 9.50. The van der Waals surface area contributed by atoms with Gasteiger partial charge in [0.25, 0.3) is 0 Å². The van der Waals surface area contributed by atoms with Gasteiger partial charge < -0.3 is 9.47 Å². The standard InChI is InChI=1S/C20H19BrClNO2/c1-3-9-25-20-18(22)11-14(12-19(20)24-4-2)10-16(13-23)15-5-7-17(21)8-6-15/h5-8,10-12H,3-4,9H2,1-2H3/b16-10+. The third kappa shape index (κ3) is 5.26. The summed E-state index contributed by atoms with van der Waals surface area (Å²) in [7, 11) is 0. The molecule has 0 amide bonds. The lowest BCUT2D eigenvalue weighted by atomic mass is 10.0. The van der Waals surface area contributed by atoms with Crippen molar-refractivity contribution >= 4 is 39.2 Å². The zero-order valence-corrected chi connectivity index (χ0v) is 16.5. The summed E-state index contributed by atoms with van der Waals surface area (Å²) >= 11 is 9.77. The van der Waals surface area contributed by atoms with Gasteiger partial charge in [0, 0.05) is 4.47 Å². The van der Waals surface area contributed by atoms with E-state index in [1.165, 1.54) is 0 Å². The second kappa shape index (κ2) is 9.50. The van der Waals surface area contributed by atoms with Crippen LogP contribution in [-0.4, -0.2) is 13.2 Å². The molecule has 0 atom stereocenters. The van der Waals surface area contributed by atoms with Crippen molar-refractivity contribution in [3.05, 3.63) is 57.0 Å². The van der Waals surface area contributed by atoms with Gasteiger partial charge in [-0.2, -0.15) is 5.26 Å². The molecule has 25 heavy (non-hydrogen) atoms. The summed E-state index contributed by atoms with van der Waals surface area (Å²) in [6, 6.07) is 13.5. The number of nitrogens with zero attached hydrogens (tertiary/aromatic N) is 1. The summed E-state index contributed by atoms with van der Waals surface area (Å²) in [5.74, 6) is 1.13. The van der Waals surface area contributed by atoms with Gasteiger partial charge in [-0.05, 0) is 54.8 Å². The van der Waals surface area contributed by atoms with Crippen LogP contribution in [0.25, 0.3) is 11.6 Å². The van der Waals surface area contributed by atoms with Crippen LogP contribution in [0, 0.1) is 11.3 Å². The molecule has 5 heteroatoms. The van der Waals surface area contributed by atoms with Crippen LogP contribution in [0.3, 0.4) is 0 Å². The van der Waals surface area contributed by atoms with E-state index in [9.17, 15) is 5.26 Å². The third-order valence-electron chi connectivity index (χ3n) is 3.37. The van der Waals surface area contributed by atoms with Gasteiger partial charge in [0.15, 0.2) is 11.5 Å². The highest BCUT2D eigenvalue weighted by molar-refractivity contribution is 9.10. The number of hydrogen-bond donors (Lipinski definition) is 0. The maximum Gasteiger partial charge on any atom is 0.179 e. The van der Waals surface area contributed by atoms with E-state index in [-0.39, 0.29) is 0 Å². The summed E-state index contributed by atoms with van der Waals surface area (Å²) in [5, 5.41) is 9.97. The Morgan fingerprint density at radius 2 is 1.92 bits per heavy atom. The van der Waals surface area contributed by atoms with Crippen LogP contribution < -0.4 is 9.47 Å². The molecule has 0 bridgehead atoms. The Morgan fingerprint density at radius 3 is 2.52 bits per heavy atom. The molecule has 2 rings (SSSR count). The van der Waals surface area contributed by atoms with Gasteiger partial charge in [0.05, 0.1) is 29.9 Å². The fourth-order valence-electron chi connectivity index (χ4n) is 2.25. The van der Waals surface area contributed by atoms with Gasteiger partial charge in [-0.3, -0.25) is 0 Å². The van der Waals surface area contributed by atoms with E-state index < -0.39 is 0 Å². The molecule has 0 saturated heterocycles. The lowest BCUT2D eigenvalue weighted by Crippen LogP contribution is -2.01. The van der Waals surface area contributed by atoms with Crippen LogP contribution >= 0.6 is 27.5 Å². The van der Waals surface area contributed by atoms with E-state index in [0.717, 1.165) is 22.0 Å². The van der Waals surface area contributed by atoms with Gasteiger partial charge in [-0.25, -0.2) is 0 Å². The molecule has 0 radical (unpaired) electrons. The van der Waals surface area contributed by atoms with Crippen LogP contribution in [0.1, 0.15) is 31.4 Å². The van der Waals surface area contributed by atoms with Gasteiger partial charge >= 0.3 is 0 Å². The summed E-state index contributed by atoms with van der Waals surface area (Å²) in [4.78, 5) is 0. The van der Waals surface area contributed by atoms with Crippen LogP contribution in [-0.2, 0) is 0 Å². The normalized spacial score (nSPS) is 11.1. The molecular formula is C20H19BrClNO2. The maximum atomic E-state index is 9.50. The highest BCUT2D eigenvalue weighted by Gasteiger charge is 2.12. The van der Waals surface area contributed by atoms with Crippen molar-refractivity contribution in [2.75, 3.05) is 13.2 Å². The Morgan fingerprint density at radius 1 is 1.20 bits per heavy atom. The van der Waals surface area contributed by atoms with Crippen molar-refractivity contribution in [2.24, 2.45) is 0 Å². The number of allylic oxidation sites excluding steroid dienone is 1. The first kappa shape index (κ1) is 19.4. The van der Waals surface area contributed by atoms with E-state index in [1.54, 1.807) is 12.1 Å². The molecule has 0 aromatic heterocycles. The lowest BCUT2D eigenvalue weighted by Gasteiger charge is -2.14. The fraction of sp³-hybridized carbons (Fsp3) is 0.250. The highest BCUT2D eigenvalue weighted by Crippen LogP contribution is 2.37. The van der Waals surface area contributed by atoms with E-state index in [4.69, 9.17) is 21.1 Å². The van der Waals surface area contributed by atoms with Crippen LogP contribution in [0.5, 0.6) is 11.5 Å². The molecule has 0 saturated carbocycles. The minimum Gasteiger partial charge on any atom is -0.490 e. The second-order valence-electron chi connectivity index (χ2n) is 5.29. The average Bonchev–Trinajstić information content (AvgIpc) is 2.60. The van der Waals surface area contributed by atoms with Crippen molar-refractivity contribution in [2.45, 2.75) is 20.3 Å².